The molecule has 0 saturated heterocycles. The normalized spacial score (nSPS) is 12.4. The Morgan fingerprint density at radius 2 is 2.11 bits per heavy atom. The van der Waals surface area contributed by atoms with Gasteiger partial charge in [0.15, 0.2) is 0 Å². The molecular weight excluding hydrogens is 258 g/mol. The zero-order chi connectivity index (χ0) is 13.7. The van der Waals surface area contributed by atoms with Gasteiger partial charge in [-0.15, -0.1) is 0 Å². The van der Waals surface area contributed by atoms with E-state index in [0.717, 1.165) is 28.9 Å². The summed E-state index contributed by atoms with van der Waals surface area (Å²) in [6.07, 6.45) is 3.20. The molecule has 4 N–H and O–H groups in total. The molecule has 5 nitrogen and oxygen atoms in total. The largest absolute Gasteiger partial charge is 0.367 e. The van der Waals surface area contributed by atoms with Crippen LogP contribution >= 0.6 is 11.8 Å². The Hall–Kier alpha value is -1.53. The molecule has 1 aromatic carbocycles. The lowest BCUT2D eigenvalue weighted by Crippen LogP contribution is -2.18. The molecule has 102 valence electrons. The molecule has 19 heavy (non-hydrogen) atoms. The minimum atomic E-state index is 0.358. The van der Waals surface area contributed by atoms with Crippen LogP contribution < -0.4 is 16.6 Å². The van der Waals surface area contributed by atoms with Crippen molar-refractivity contribution in [3.63, 3.8) is 0 Å². The van der Waals surface area contributed by atoms with Crippen molar-refractivity contribution in [1.82, 2.24) is 9.97 Å². The number of thioether (sulfide) groups is 1. The highest BCUT2D eigenvalue weighted by Gasteiger charge is 2.09. The Kier molecular flexibility index (Phi) is 4.81. The van der Waals surface area contributed by atoms with Crippen LogP contribution in [0.25, 0.3) is 10.9 Å². The summed E-state index contributed by atoms with van der Waals surface area (Å²) in [6, 6.07) is 8.26. The van der Waals surface area contributed by atoms with E-state index in [0.29, 0.717) is 12.0 Å². The quantitative estimate of drug-likeness (QED) is 0.556. The molecule has 0 saturated carbocycles. The summed E-state index contributed by atoms with van der Waals surface area (Å²) in [4.78, 5) is 8.73. The molecule has 0 fully saturated rings. The average Bonchev–Trinajstić information content (AvgIpc) is 2.44. The number of nitrogens with zero attached hydrogens (tertiary/aromatic N) is 2. The molecule has 2 rings (SSSR count). The van der Waals surface area contributed by atoms with Crippen molar-refractivity contribution in [3.8, 4) is 0 Å². The first-order chi connectivity index (χ1) is 9.24. The highest BCUT2D eigenvalue weighted by Crippen LogP contribution is 2.22. The van der Waals surface area contributed by atoms with Crippen LogP contribution in [0.3, 0.4) is 0 Å². The van der Waals surface area contributed by atoms with Crippen molar-refractivity contribution < 1.29 is 0 Å². The van der Waals surface area contributed by atoms with Crippen LogP contribution in [0.5, 0.6) is 0 Å². The summed E-state index contributed by atoms with van der Waals surface area (Å²) < 4.78 is 0. The first-order valence-corrected chi connectivity index (χ1v) is 7.63. The molecule has 0 bridgehead atoms. The number of aromatic nitrogens is 2. The first kappa shape index (κ1) is 13.9. The molecule has 0 aliphatic heterocycles. The summed E-state index contributed by atoms with van der Waals surface area (Å²) in [5.74, 6) is 7.79. The van der Waals surface area contributed by atoms with Crippen LogP contribution in [-0.2, 0) is 0 Å². The Labute approximate surface area is 117 Å². The number of benzene rings is 1. The van der Waals surface area contributed by atoms with E-state index in [1.54, 1.807) is 0 Å². The van der Waals surface area contributed by atoms with Gasteiger partial charge in [0.25, 0.3) is 0 Å². The van der Waals surface area contributed by atoms with E-state index in [9.17, 15) is 0 Å². The number of nitrogen functional groups attached to an aromatic ring is 1. The van der Waals surface area contributed by atoms with E-state index in [1.807, 2.05) is 36.0 Å². The molecule has 1 aromatic heterocycles. The lowest BCUT2D eigenvalue weighted by molar-refractivity contribution is 0.768. The van der Waals surface area contributed by atoms with Crippen molar-refractivity contribution in [2.45, 2.75) is 19.4 Å². The number of fused-ring (bicyclic) bond motifs is 1. The van der Waals surface area contributed by atoms with Crippen molar-refractivity contribution in [2.75, 3.05) is 22.8 Å². The second kappa shape index (κ2) is 6.58. The fourth-order valence-electron chi connectivity index (χ4n) is 1.85. The molecule has 1 atom stereocenters. The van der Waals surface area contributed by atoms with Gasteiger partial charge in [0.05, 0.1) is 5.52 Å². The van der Waals surface area contributed by atoms with Gasteiger partial charge in [-0.25, -0.2) is 10.8 Å². The Morgan fingerprint density at radius 1 is 1.32 bits per heavy atom. The van der Waals surface area contributed by atoms with E-state index in [2.05, 4.69) is 33.9 Å². The third kappa shape index (κ3) is 3.48. The van der Waals surface area contributed by atoms with Crippen molar-refractivity contribution in [3.05, 3.63) is 24.3 Å². The predicted octanol–water partition coefficient (Wildman–Crippen LogP) is 2.47. The van der Waals surface area contributed by atoms with Crippen LogP contribution in [0.1, 0.15) is 13.3 Å². The summed E-state index contributed by atoms with van der Waals surface area (Å²) in [5.41, 5.74) is 3.39. The summed E-state index contributed by atoms with van der Waals surface area (Å²) in [6.45, 7) is 2.16. The van der Waals surface area contributed by atoms with E-state index in [4.69, 9.17) is 5.84 Å². The van der Waals surface area contributed by atoms with Crippen LogP contribution in [0, 0.1) is 0 Å². The van der Waals surface area contributed by atoms with Gasteiger partial charge < -0.3 is 5.32 Å². The van der Waals surface area contributed by atoms with Crippen molar-refractivity contribution >= 4 is 34.4 Å². The molecular formula is C13H19N5S. The minimum Gasteiger partial charge on any atom is -0.367 e. The first-order valence-electron chi connectivity index (χ1n) is 6.23. The van der Waals surface area contributed by atoms with Crippen LogP contribution in [0.2, 0.25) is 0 Å². The zero-order valence-corrected chi connectivity index (χ0v) is 12.0. The summed E-state index contributed by atoms with van der Waals surface area (Å²) >= 11 is 1.85. The molecule has 1 unspecified atom stereocenters. The average molecular weight is 277 g/mol. The predicted molar refractivity (Wildman–Crippen MR) is 83.4 cm³/mol. The number of hydrazine groups is 1. The molecule has 0 aliphatic rings. The van der Waals surface area contributed by atoms with Gasteiger partial charge >= 0.3 is 0 Å². The van der Waals surface area contributed by atoms with Gasteiger partial charge in [-0.05, 0) is 37.5 Å². The lowest BCUT2D eigenvalue weighted by Gasteiger charge is -2.16. The summed E-state index contributed by atoms with van der Waals surface area (Å²) in [7, 11) is 0. The van der Waals surface area contributed by atoms with E-state index in [-0.39, 0.29) is 0 Å². The van der Waals surface area contributed by atoms with Gasteiger partial charge in [0, 0.05) is 11.4 Å². The Morgan fingerprint density at radius 3 is 2.84 bits per heavy atom. The second-order valence-corrected chi connectivity index (χ2v) is 5.37. The minimum absolute atomic E-state index is 0.358. The number of anilines is 2. The SMILES string of the molecule is CSCCC(C)Nc1nc(NN)nc2ccccc12. The number of hydrogen-bond acceptors (Lipinski definition) is 6. The Balaban J connectivity index is 2.29. The highest BCUT2D eigenvalue weighted by atomic mass is 32.2. The van der Waals surface area contributed by atoms with Crippen LogP contribution in [0.15, 0.2) is 24.3 Å². The molecule has 0 amide bonds. The van der Waals surface area contributed by atoms with Gasteiger partial charge in [0.2, 0.25) is 5.95 Å². The monoisotopic (exact) mass is 277 g/mol. The third-order valence-electron chi connectivity index (χ3n) is 2.87. The second-order valence-electron chi connectivity index (χ2n) is 4.38. The number of nitrogens with two attached hydrogens (primary N) is 1. The highest BCUT2D eigenvalue weighted by molar-refractivity contribution is 7.98. The lowest BCUT2D eigenvalue weighted by atomic mass is 10.2. The maximum atomic E-state index is 5.41. The van der Waals surface area contributed by atoms with E-state index < -0.39 is 0 Å². The summed E-state index contributed by atoms with van der Waals surface area (Å²) in [5, 5.41) is 4.45. The molecule has 0 radical (unpaired) electrons. The fraction of sp³-hybridized carbons (Fsp3) is 0.385. The van der Waals surface area contributed by atoms with E-state index >= 15 is 0 Å². The van der Waals surface area contributed by atoms with Crippen LogP contribution in [-0.4, -0.2) is 28.0 Å². The van der Waals surface area contributed by atoms with E-state index in [1.165, 1.54) is 0 Å². The zero-order valence-electron chi connectivity index (χ0n) is 11.2. The molecule has 1 heterocycles. The van der Waals surface area contributed by atoms with Gasteiger partial charge in [-0.1, -0.05) is 12.1 Å². The standard InChI is InChI=1S/C13H19N5S/c1-9(7-8-19-2)15-12-10-5-3-4-6-11(10)16-13(17-12)18-14/h3-6,9H,7-8,14H2,1-2H3,(H2,15,16,17,18). The maximum absolute atomic E-state index is 5.41. The smallest absolute Gasteiger partial charge is 0.239 e. The fourth-order valence-corrected chi connectivity index (χ4v) is 2.44. The van der Waals surface area contributed by atoms with Gasteiger partial charge in [-0.3, -0.25) is 5.43 Å². The molecule has 0 aliphatic carbocycles. The third-order valence-corrected chi connectivity index (χ3v) is 3.51. The maximum Gasteiger partial charge on any atom is 0.239 e. The number of rotatable bonds is 6. The van der Waals surface area contributed by atoms with Crippen molar-refractivity contribution in [2.24, 2.45) is 5.84 Å². The van der Waals surface area contributed by atoms with Gasteiger partial charge in [0.1, 0.15) is 5.82 Å². The van der Waals surface area contributed by atoms with Crippen molar-refractivity contribution in [1.29, 1.82) is 0 Å². The van der Waals surface area contributed by atoms with Gasteiger partial charge in [-0.2, -0.15) is 16.7 Å². The number of nitrogens with one attached hydrogen (secondary N) is 2. The molecule has 2 aromatic rings. The number of hydrogen-bond donors (Lipinski definition) is 3. The number of para-hydroxylation sites is 1. The molecule has 0 spiro atoms. The molecule has 6 heteroatoms. The topological polar surface area (TPSA) is 75.9 Å². The van der Waals surface area contributed by atoms with Crippen LogP contribution in [0.4, 0.5) is 11.8 Å². The Bertz CT molecular complexity index is 546.